The summed E-state index contributed by atoms with van der Waals surface area (Å²) in [6, 6.07) is 8.87. The highest BCUT2D eigenvalue weighted by atomic mass is 16.5. The van der Waals surface area contributed by atoms with Gasteiger partial charge in [0.25, 0.3) is 5.91 Å². The molecule has 2 heterocycles. The number of para-hydroxylation sites is 1. The molecule has 1 aromatic carbocycles. The van der Waals surface area contributed by atoms with Crippen LogP contribution in [0, 0.1) is 0 Å². The number of aromatic hydroxyl groups is 1. The molecule has 0 saturated carbocycles. The molecule has 0 radical (unpaired) electrons. The van der Waals surface area contributed by atoms with Crippen molar-refractivity contribution in [2.24, 2.45) is 0 Å². The van der Waals surface area contributed by atoms with Crippen LogP contribution in [0.5, 0.6) is 5.75 Å². The smallest absolute Gasteiger partial charge is 0.269 e. The lowest BCUT2D eigenvalue weighted by atomic mass is 10.1. The fourth-order valence-corrected chi connectivity index (χ4v) is 3.11. The van der Waals surface area contributed by atoms with Crippen molar-refractivity contribution in [2.45, 2.75) is 32.0 Å². The summed E-state index contributed by atoms with van der Waals surface area (Å²) in [6.07, 6.45) is -0.0353. The van der Waals surface area contributed by atoms with Gasteiger partial charge in [0.15, 0.2) is 0 Å². The van der Waals surface area contributed by atoms with Crippen LogP contribution >= 0.6 is 0 Å². The Morgan fingerprint density at radius 3 is 2.84 bits per heavy atom. The quantitative estimate of drug-likeness (QED) is 0.767. The van der Waals surface area contributed by atoms with E-state index < -0.39 is 0 Å². The second kappa shape index (κ2) is 7.25. The van der Waals surface area contributed by atoms with E-state index in [-0.39, 0.29) is 23.8 Å². The summed E-state index contributed by atoms with van der Waals surface area (Å²) < 4.78 is 5.52. The minimum atomic E-state index is -0.230. The zero-order chi connectivity index (χ0) is 18.0. The highest BCUT2D eigenvalue weighted by molar-refractivity contribution is 5.93. The number of hydrogen-bond acceptors (Lipinski definition) is 5. The van der Waals surface area contributed by atoms with E-state index in [0.29, 0.717) is 23.0 Å². The van der Waals surface area contributed by atoms with Crippen molar-refractivity contribution in [1.29, 1.82) is 0 Å². The van der Waals surface area contributed by atoms with Crippen LogP contribution in [0.2, 0.25) is 0 Å². The molecule has 7 heteroatoms. The number of benzene rings is 1. The number of ether oxygens (including phenoxy) is 1. The number of aromatic amines is 1. The molecule has 1 fully saturated rings. The Balaban J connectivity index is 1.71. The first kappa shape index (κ1) is 17.4. The SMILES string of the molecule is CO[C@H]1CN(C(C)C)C[C@@H]1NC(=O)c1cc(-c2ccccc2O)n[nH]1. The Morgan fingerprint density at radius 2 is 2.16 bits per heavy atom. The zero-order valence-electron chi connectivity index (χ0n) is 14.7. The number of H-pyrrole nitrogens is 1. The van der Waals surface area contributed by atoms with Crippen molar-refractivity contribution in [3.05, 3.63) is 36.0 Å². The number of carbonyl (C=O) groups excluding carboxylic acids is 1. The number of nitrogens with one attached hydrogen (secondary N) is 2. The normalized spacial score (nSPS) is 21.0. The number of amides is 1. The van der Waals surface area contributed by atoms with Crippen molar-refractivity contribution in [3.8, 4) is 17.0 Å². The third kappa shape index (κ3) is 3.67. The predicted octanol–water partition coefficient (Wildman–Crippen LogP) is 1.62. The lowest BCUT2D eigenvalue weighted by Crippen LogP contribution is -2.43. The second-order valence-electron chi connectivity index (χ2n) is 6.59. The summed E-state index contributed by atoms with van der Waals surface area (Å²) in [5.41, 5.74) is 1.47. The summed E-state index contributed by atoms with van der Waals surface area (Å²) in [4.78, 5) is 14.8. The Bertz CT molecular complexity index is 743. The maximum absolute atomic E-state index is 12.5. The average Bonchev–Trinajstić information content (AvgIpc) is 3.22. The second-order valence-corrected chi connectivity index (χ2v) is 6.59. The molecule has 2 aromatic rings. The van der Waals surface area contributed by atoms with Gasteiger partial charge in [-0.2, -0.15) is 5.10 Å². The van der Waals surface area contributed by atoms with Crippen LogP contribution in [0.25, 0.3) is 11.3 Å². The van der Waals surface area contributed by atoms with Crippen LogP contribution in [0.3, 0.4) is 0 Å². The topological polar surface area (TPSA) is 90.5 Å². The molecule has 0 bridgehead atoms. The van der Waals surface area contributed by atoms with E-state index in [4.69, 9.17) is 4.74 Å². The van der Waals surface area contributed by atoms with Crippen molar-refractivity contribution in [1.82, 2.24) is 20.4 Å². The van der Waals surface area contributed by atoms with E-state index in [9.17, 15) is 9.90 Å². The number of carbonyl (C=O) groups is 1. The summed E-state index contributed by atoms with van der Waals surface area (Å²) in [5, 5.41) is 19.8. The molecule has 0 spiro atoms. The number of aromatic nitrogens is 2. The number of likely N-dealkylation sites (tertiary alicyclic amines) is 1. The minimum absolute atomic E-state index is 0.0353. The van der Waals surface area contributed by atoms with Crippen LogP contribution in [-0.2, 0) is 4.74 Å². The first-order valence-electron chi connectivity index (χ1n) is 8.41. The van der Waals surface area contributed by atoms with E-state index in [1.54, 1.807) is 31.4 Å². The van der Waals surface area contributed by atoms with E-state index in [1.807, 2.05) is 6.07 Å². The molecule has 1 amide bonds. The molecule has 1 saturated heterocycles. The van der Waals surface area contributed by atoms with Crippen LogP contribution in [-0.4, -0.2) is 64.5 Å². The Morgan fingerprint density at radius 1 is 1.40 bits per heavy atom. The van der Waals surface area contributed by atoms with Crippen LogP contribution in [0.15, 0.2) is 30.3 Å². The molecule has 7 nitrogen and oxygen atoms in total. The van der Waals surface area contributed by atoms with Crippen LogP contribution in [0.4, 0.5) is 0 Å². The van der Waals surface area contributed by atoms with Crippen molar-refractivity contribution in [3.63, 3.8) is 0 Å². The van der Waals surface area contributed by atoms with Crippen molar-refractivity contribution < 1.29 is 14.6 Å². The molecule has 25 heavy (non-hydrogen) atoms. The van der Waals surface area contributed by atoms with E-state index in [0.717, 1.165) is 13.1 Å². The molecule has 1 aliphatic heterocycles. The van der Waals surface area contributed by atoms with Gasteiger partial charge in [0.1, 0.15) is 11.4 Å². The van der Waals surface area contributed by atoms with Gasteiger partial charge >= 0.3 is 0 Å². The highest BCUT2D eigenvalue weighted by Crippen LogP contribution is 2.27. The van der Waals surface area contributed by atoms with E-state index in [1.165, 1.54) is 0 Å². The molecule has 134 valence electrons. The molecule has 1 aromatic heterocycles. The fourth-order valence-electron chi connectivity index (χ4n) is 3.11. The number of phenolic OH excluding ortho intramolecular Hbond substituents is 1. The highest BCUT2D eigenvalue weighted by Gasteiger charge is 2.35. The molecule has 2 atom stereocenters. The van der Waals surface area contributed by atoms with Crippen molar-refractivity contribution in [2.75, 3.05) is 20.2 Å². The fraction of sp³-hybridized carbons (Fsp3) is 0.444. The first-order valence-corrected chi connectivity index (χ1v) is 8.41. The van der Waals surface area contributed by atoms with Crippen LogP contribution < -0.4 is 5.32 Å². The molecule has 3 N–H and O–H groups in total. The van der Waals surface area contributed by atoms with Gasteiger partial charge in [-0.1, -0.05) is 12.1 Å². The van der Waals surface area contributed by atoms with Gasteiger partial charge in [-0.3, -0.25) is 14.8 Å². The molecular formula is C18H24N4O3. The number of hydrogen-bond donors (Lipinski definition) is 3. The Hall–Kier alpha value is -2.38. The maximum Gasteiger partial charge on any atom is 0.269 e. The zero-order valence-corrected chi connectivity index (χ0v) is 14.7. The Labute approximate surface area is 147 Å². The number of rotatable bonds is 5. The third-order valence-corrected chi connectivity index (χ3v) is 4.65. The van der Waals surface area contributed by atoms with E-state index in [2.05, 4.69) is 34.3 Å². The molecule has 0 unspecified atom stereocenters. The van der Waals surface area contributed by atoms with E-state index >= 15 is 0 Å². The van der Waals surface area contributed by atoms with Gasteiger partial charge in [0, 0.05) is 31.8 Å². The summed E-state index contributed by atoms with van der Waals surface area (Å²) in [6.45, 7) is 5.81. The summed E-state index contributed by atoms with van der Waals surface area (Å²) >= 11 is 0. The Kier molecular flexibility index (Phi) is 5.06. The lowest BCUT2D eigenvalue weighted by Gasteiger charge is -2.19. The molecule has 3 rings (SSSR count). The van der Waals surface area contributed by atoms with Gasteiger partial charge in [0.2, 0.25) is 0 Å². The summed E-state index contributed by atoms with van der Waals surface area (Å²) in [5.74, 6) is -0.101. The largest absolute Gasteiger partial charge is 0.507 e. The van der Waals surface area contributed by atoms with Crippen LogP contribution in [0.1, 0.15) is 24.3 Å². The van der Waals surface area contributed by atoms with Gasteiger partial charge in [0.05, 0.1) is 17.8 Å². The lowest BCUT2D eigenvalue weighted by molar-refractivity contribution is 0.0750. The molecule has 1 aliphatic rings. The van der Waals surface area contributed by atoms with Gasteiger partial charge in [-0.15, -0.1) is 0 Å². The van der Waals surface area contributed by atoms with Gasteiger partial charge < -0.3 is 15.2 Å². The first-order chi connectivity index (χ1) is 12.0. The standard InChI is InChI=1S/C18H24N4O3/c1-11(2)22-9-15(17(10-22)25-3)19-18(24)14-8-13(20-21-14)12-6-4-5-7-16(12)23/h4-8,11,15,17,23H,9-10H2,1-3H3,(H,19,24)(H,20,21)/t15-,17-/m0/s1. The monoisotopic (exact) mass is 344 g/mol. The maximum atomic E-state index is 12.5. The van der Waals surface area contributed by atoms with Gasteiger partial charge in [-0.25, -0.2) is 0 Å². The minimum Gasteiger partial charge on any atom is -0.507 e. The third-order valence-electron chi connectivity index (χ3n) is 4.65. The molecular weight excluding hydrogens is 320 g/mol. The number of phenols is 1. The number of nitrogens with zero attached hydrogens (tertiary/aromatic N) is 2. The predicted molar refractivity (Wildman–Crippen MR) is 94.4 cm³/mol. The van der Waals surface area contributed by atoms with Crippen molar-refractivity contribution >= 4 is 5.91 Å². The summed E-state index contributed by atoms with van der Waals surface area (Å²) in [7, 11) is 1.67. The van der Waals surface area contributed by atoms with Gasteiger partial charge in [-0.05, 0) is 32.0 Å². The average molecular weight is 344 g/mol. The number of methoxy groups -OCH3 is 1. The molecule has 0 aliphatic carbocycles.